The van der Waals surface area contributed by atoms with Crippen LogP contribution in [0.1, 0.15) is 5.56 Å². The first-order chi connectivity index (χ1) is 7.13. The molecule has 0 heterocycles. The van der Waals surface area contributed by atoms with Crippen LogP contribution in [0, 0.1) is 0 Å². The van der Waals surface area contributed by atoms with Crippen molar-refractivity contribution in [1.29, 1.82) is 0 Å². The highest BCUT2D eigenvalue weighted by atomic mass is 79.9. The van der Waals surface area contributed by atoms with Crippen LogP contribution < -0.4 is 5.73 Å². The zero-order valence-corrected chi connectivity index (χ0v) is 10.5. The summed E-state index contributed by atoms with van der Waals surface area (Å²) in [5, 5.41) is 9.80. The topological polar surface area (TPSA) is 55.5 Å². The molecule has 0 radical (unpaired) electrons. The van der Waals surface area contributed by atoms with Gasteiger partial charge in [-0.3, -0.25) is 0 Å². The van der Waals surface area contributed by atoms with Gasteiger partial charge in [0.1, 0.15) is 0 Å². The van der Waals surface area contributed by atoms with E-state index >= 15 is 0 Å². The molecule has 0 aliphatic rings. The van der Waals surface area contributed by atoms with Gasteiger partial charge in [-0.2, -0.15) is 0 Å². The van der Waals surface area contributed by atoms with Crippen LogP contribution >= 0.6 is 27.5 Å². The molecule has 0 aliphatic heterocycles. The Morgan fingerprint density at radius 3 is 2.87 bits per heavy atom. The van der Waals surface area contributed by atoms with Gasteiger partial charge < -0.3 is 15.6 Å². The van der Waals surface area contributed by atoms with E-state index in [1.54, 1.807) is 0 Å². The summed E-state index contributed by atoms with van der Waals surface area (Å²) in [6, 6.07) is 5.59. The van der Waals surface area contributed by atoms with E-state index in [1.165, 1.54) is 0 Å². The fourth-order valence-electron chi connectivity index (χ4n) is 1.01. The van der Waals surface area contributed by atoms with Crippen LogP contribution in [0.15, 0.2) is 22.7 Å². The van der Waals surface area contributed by atoms with Crippen molar-refractivity contribution in [2.24, 2.45) is 5.73 Å². The number of nitrogens with two attached hydrogens (primary N) is 1. The van der Waals surface area contributed by atoms with Gasteiger partial charge >= 0.3 is 0 Å². The Bertz CT molecular complexity index is 322. The second kappa shape index (κ2) is 6.45. The fraction of sp³-hybridized carbons (Fsp3) is 0.400. The highest BCUT2D eigenvalue weighted by molar-refractivity contribution is 9.10. The van der Waals surface area contributed by atoms with Crippen LogP contribution in [0.4, 0.5) is 0 Å². The lowest BCUT2D eigenvalue weighted by Crippen LogP contribution is -2.24. The molecule has 0 fully saturated rings. The summed E-state index contributed by atoms with van der Waals surface area (Å²) < 4.78 is 6.12. The summed E-state index contributed by atoms with van der Waals surface area (Å²) in [5.74, 6) is 0. The lowest BCUT2D eigenvalue weighted by Gasteiger charge is -2.09. The summed E-state index contributed by atoms with van der Waals surface area (Å²) in [6.07, 6.45) is -0.601. The van der Waals surface area contributed by atoms with Crippen LogP contribution in [-0.4, -0.2) is 24.4 Å². The van der Waals surface area contributed by atoms with Crippen molar-refractivity contribution >= 4 is 27.5 Å². The molecule has 3 N–H and O–H groups in total. The Morgan fingerprint density at radius 2 is 2.27 bits per heavy atom. The van der Waals surface area contributed by atoms with Crippen LogP contribution in [-0.2, 0) is 11.3 Å². The van der Waals surface area contributed by atoms with Crippen LogP contribution in [0.5, 0.6) is 0 Å². The second-order valence-corrected chi connectivity index (χ2v) is 4.41. The van der Waals surface area contributed by atoms with Crippen molar-refractivity contribution in [2.75, 3.05) is 13.2 Å². The van der Waals surface area contributed by atoms with Crippen LogP contribution in [0.3, 0.4) is 0 Å². The highest BCUT2D eigenvalue weighted by Crippen LogP contribution is 2.23. The van der Waals surface area contributed by atoms with Gasteiger partial charge in [-0.1, -0.05) is 17.7 Å². The minimum Gasteiger partial charge on any atom is -0.389 e. The van der Waals surface area contributed by atoms with Crippen molar-refractivity contribution in [3.05, 3.63) is 33.3 Å². The highest BCUT2D eigenvalue weighted by Gasteiger charge is 2.02. The third kappa shape index (κ3) is 4.49. The van der Waals surface area contributed by atoms with Crippen molar-refractivity contribution in [3.8, 4) is 0 Å². The molecule has 1 atom stereocenters. The van der Waals surface area contributed by atoms with E-state index in [1.807, 2.05) is 18.2 Å². The maximum atomic E-state index is 9.15. The van der Waals surface area contributed by atoms with Crippen molar-refractivity contribution < 1.29 is 9.84 Å². The molecule has 1 aromatic rings. The van der Waals surface area contributed by atoms with E-state index in [2.05, 4.69) is 15.9 Å². The summed E-state index contributed by atoms with van der Waals surface area (Å²) in [6.45, 7) is 0.870. The number of ether oxygens (including phenoxy) is 1. The Balaban J connectivity index is 2.41. The van der Waals surface area contributed by atoms with Gasteiger partial charge in [-0.25, -0.2) is 0 Å². The molecule has 15 heavy (non-hydrogen) atoms. The van der Waals surface area contributed by atoms with Gasteiger partial charge in [0.15, 0.2) is 0 Å². The van der Waals surface area contributed by atoms with Crippen molar-refractivity contribution in [1.82, 2.24) is 0 Å². The number of rotatable bonds is 5. The molecule has 0 saturated heterocycles. The predicted molar refractivity (Wildman–Crippen MR) is 63.9 cm³/mol. The number of hydrogen-bond acceptors (Lipinski definition) is 3. The first-order valence-corrected chi connectivity index (χ1v) is 5.70. The largest absolute Gasteiger partial charge is 0.389 e. The summed E-state index contributed by atoms with van der Waals surface area (Å²) in [7, 11) is 0. The molecule has 84 valence electrons. The molecule has 0 aromatic heterocycles. The van der Waals surface area contributed by atoms with Crippen LogP contribution in [0.2, 0.25) is 5.02 Å². The molecule has 0 aliphatic carbocycles. The molecule has 0 bridgehead atoms. The third-order valence-electron chi connectivity index (χ3n) is 1.84. The van der Waals surface area contributed by atoms with E-state index in [-0.39, 0.29) is 13.2 Å². The molecule has 0 saturated carbocycles. The van der Waals surface area contributed by atoms with E-state index < -0.39 is 6.10 Å². The first-order valence-electron chi connectivity index (χ1n) is 4.53. The minimum atomic E-state index is -0.601. The average molecular weight is 295 g/mol. The number of benzene rings is 1. The van der Waals surface area contributed by atoms with Gasteiger partial charge in [-0.05, 0) is 33.6 Å². The quantitative estimate of drug-likeness (QED) is 0.872. The molecule has 1 unspecified atom stereocenters. The second-order valence-electron chi connectivity index (χ2n) is 3.15. The van der Waals surface area contributed by atoms with Gasteiger partial charge in [-0.15, -0.1) is 0 Å². The number of aliphatic hydroxyl groups excluding tert-OH is 1. The first kappa shape index (κ1) is 12.9. The van der Waals surface area contributed by atoms with Gasteiger partial charge in [0.2, 0.25) is 0 Å². The monoisotopic (exact) mass is 293 g/mol. The van der Waals surface area contributed by atoms with E-state index in [4.69, 9.17) is 27.2 Å². The maximum absolute atomic E-state index is 9.15. The Morgan fingerprint density at radius 1 is 1.53 bits per heavy atom. The summed E-state index contributed by atoms with van der Waals surface area (Å²) in [5.41, 5.74) is 6.20. The Kier molecular flexibility index (Phi) is 5.56. The zero-order valence-electron chi connectivity index (χ0n) is 8.12. The van der Waals surface area contributed by atoms with Crippen molar-refractivity contribution in [3.63, 3.8) is 0 Å². The molecular formula is C10H13BrClNO2. The average Bonchev–Trinajstić information content (AvgIpc) is 2.23. The Labute approximate surface area is 102 Å². The fourth-order valence-corrected chi connectivity index (χ4v) is 1.46. The molecule has 3 nitrogen and oxygen atoms in total. The number of halogens is 2. The number of hydrogen-bond donors (Lipinski definition) is 2. The van der Waals surface area contributed by atoms with Gasteiger partial charge in [0, 0.05) is 11.0 Å². The Hall–Kier alpha value is -0.130. The standard InChI is InChI=1S/C10H13BrClNO2/c11-9-2-1-7(3-10(9)12)5-15-6-8(14)4-13/h1-3,8,14H,4-6,13H2. The summed E-state index contributed by atoms with van der Waals surface area (Å²) in [4.78, 5) is 0. The molecule has 5 heteroatoms. The molecule has 0 spiro atoms. The van der Waals surface area contributed by atoms with E-state index in [0.717, 1.165) is 10.0 Å². The maximum Gasteiger partial charge on any atom is 0.0895 e. The smallest absolute Gasteiger partial charge is 0.0895 e. The van der Waals surface area contributed by atoms with Gasteiger partial charge in [0.25, 0.3) is 0 Å². The minimum absolute atomic E-state index is 0.209. The molecule has 0 amide bonds. The predicted octanol–water partition coefficient (Wildman–Crippen LogP) is 1.94. The van der Waals surface area contributed by atoms with Crippen molar-refractivity contribution in [2.45, 2.75) is 12.7 Å². The normalized spacial score (nSPS) is 12.8. The number of aliphatic hydroxyl groups is 1. The SMILES string of the molecule is NCC(O)COCc1ccc(Br)c(Cl)c1. The molecule has 1 rings (SSSR count). The third-order valence-corrected chi connectivity index (χ3v) is 3.07. The van der Waals surface area contributed by atoms with E-state index in [0.29, 0.717) is 11.6 Å². The van der Waals surface area contributed by atoms with Crippen LogP contribution in [0.25, 0.3) is 0 Å². The molecule has 1 aromatic carbocycles. The molecular weight excluding hydrogens is 281 g/mol. The zero-order chi connectivity index (χ0) is 11.3. The lowest BCUT2D eigenvalue weighted by molar-refractivity contribution is 0.0329. The summed E-state index contributed by atoms with van der Waals surface area (Å²) >= 11 is 9.21. The van der Waals surface area contributed by atoms with E-state index in [9.17, 15) is 0 Å². The van der Waals surface area contributed by atoms with Gasteiger partial charge in [0.05, 0.1) is 24.3 Å². The lowest BCUT2D eigenvalue weighted by atomic mass is 10.2.